The fourth-order valence-electron chi connectivity index (χ4n) is 3.76. The highest BCUT2D eigenvalue weighted by atomic mass is 32.1. The summed E-state index contributed by atoms with van der Waals surface area (Å²) in [5.74, 6) is 0.141. The van der Waals surface area contributed by atoms with Crippen molar-refractivity contribution in [3.63, 3.8) is 0 Å². The van der Waals surface area contributed by atoms with E-state index >= 15 is 0 Å². The molecule has 0 radical (unpaired) electrons. The predicted octanol–water partition coefficient (Wildman–Crippen LogP) is 3.56. The van der Waals surface area contributed by atoms with Gasteiger partial charge in [0.15, 0.2) is 4.80 Å². The Balaban J connectivity index is 1.57. The minimum atomic E-state index is -0.341. The smallest absolute Gasteiger partial charge is 0.279 e. The SMILES string of the molecule is COc1cccc(C(=O)N=c2scc(C)n2Cc2ccccc2C(=O)NC[C@H]2CCCO2)c1. The van der Waals surface area contributed by atoms with Gasteiger partial charge in [-0.3, -0.25) is 9.59 Å². The van der Waals surface area contributed by atoms with E-state index < -0.39 is 0 Å². The van der Waals surface area contributed by atoms with Crippen LogP contribution in [0, 0.1) is 6.92 Å². The normalized spacial score (nSPS) is 16.1. The summed E-state index contributed by atoms with van der Waals surface area (Å²) in [6, 6.07) is 14.4. The number of hydrogen-bond donors (Lipinski definition) is 1. The van der Waals surface area contributed by atoms with E-state index in [1.807, 2.05) is 41.1 Å². The van der Waals surface area contributed by atoms with Gasteiger partial charge in [0.1, 0.15) is 5.75 Å². The minimum absolute atomic E-state index is 0.0858. The average Bonchev–Trinajstić information content (AvgIpc) is 3.48. The minimum Gasteiger partial charge on any atom is -0.497 e. The zero-order chi connectivity index (χ0) is 23.2. The number of amides is 2. The third-order valence-corrected chi connectivity index (χ3v) is 6.59. The molecule has 1 saturated heterocycles. The van der Waals surface area contributed by atoms with Crippen LogP contribution in [-0.4, -0.2) is 42.7 Å². The van der Waals surface area contributed by atoms with E-state index in [1.165, 1.54) is 11.3 Å². The first-order chi connectivity index (χ1) is 16.0. The van der Waals surface area contributed by atoms with Crippen LogP contribution in [0.4, 0.5) is 0 Å². The van der Waals surface area contributed by atoms with Crippen molar-refractivity contribution in [2.24, 2.45) is 4.99 Å². The van der Waals surface area contributed by atoms with Crippen molar-refractivity contribution in [1.82, 2.24) is 9.88 Å². The molecule has 2 heterocycles. The van der Waals surface area contributed by atoms with E-state index in [0.717, 1.165) is 30.7 Å². The first kappa shape index (κ1) is 22.9. The number of benzene rings is 2. The van der Waals surface area contributed by atoms with E-state index in [2.05, 4.69) is 10.3 Å². The van der Waals surface area contributed by atoms with Crippen LogP contribution in [0.25, 0.3) is 0 Å². The Morgan fingerprint density at radius 2 is 2.09 bits per heavy atom. The number of carbonyl (C=O) groups excluding carboxylic acids is 2. The van der Waals surface area contributed by atoms with Crippen LogP contribution in [0.15, 0.2) is 58.9 Å². The second-order valence-corrected chi connectivity index (χ2v) is 8.73. The molecule has 0 bridgehead atoms. The number of hydrogen-bond acceptors (Lipinski definition) is 5. The summed E-state index contributed by atoms with van der Waals surface area (Å²) in [5, 5.41) is 4.95. The molecule has 2 amide bonds. The molecule has 1 aromatic heterocycles. The van der Waals surface area contributed by atoms with E-state index in [4.69, 9.17) is 9.47 Å². The summed E-state index contributed by atoms with van der Waals surface area (Å²) in [5.41, 5.74) is 2.89. The van der Waals surface area contributed by atoms with Gasteiger partial charge in [0.05, 0.1) is 19.8 Å². The molecular weight excluding hydrogens is 438 g/mol. The van der Waals surface area contributed by atoms with Crippen LogP contribution in [-0.2, 0) is 11.3 Å². The zero-order valence-electron chi connectivity index (χ0n) is 18.7. The first-order valence-corrected chi connectivity index (χ1v) is 11.8. The molecule has 3 aromatic rings. The molecule has 4 rings (SSSR count). The van der Waals surface area contributed by atoms with Crippen molar-refractivity contribution in [2.45, 2.75) is 32.4 Å². The number of aryl methyl sites for hydroxylation is 1. The lowest BCUT2D eigenvalue weighted by Gasteiger charge is -2.14. The Kier molecular flexibility index (Phi) is 7.36. The van der Waals surface area contributed by atoms with E-state index in [-0.39, 0.29) is 17.9 Å². The lowest BCUT2D eigenvalue weighted by Crippen LogP contribution is -2.32. The van der Waals surface area contributed by atoms with Crippen LogP contribution in [0.5, 0.6) is 5.75 Å². The Morgan fingerprint density at radius 1 is 1.24 bits per heavy atom. The lowest BCUT2D eigenvalue weighted by atomic mass is 10.1. The van der Waals surface area contributed by atoms with Gasteiger partial charge in [0, 0.05) is 35.4 Å². The standard InChI is InChI=1S/C25H27N3O4S/c1-17-16-33-25(27-23(29)18-8-5-9-20(13-18)31-2)28(17)15-19-7-3-4-11-22(19)24(30)26-14-21-10-6-12-32-21/h3-5,7-9,11,13,16,21H,6,10,12,14-15H2,1-2H3,(H,26,30)/t21-/m1/s1. The van der Waals surface area contributed by atoms with Crippen LogP contribution >= 0.6 is 11.3 Å². The maximum Gasteiger partial charge on any atom is 0.279 e. The highest BCUT2D eigenvalue weighted by molar-refractivity contribution is 7.07. The highest BCUT2D eigenvalue weighted by Crippen LogP contribution is 2.16. The van der Waals surface area contributed by atoms with Crippen molar-refractivity contribution in [3.05, 3.63) is 81.1 Å². The molecule has 7 nitrogen and oxygen atoms in total. The third-order valence-electron chi connectivity index (χ3n) is 5.61. The number of nitrogens with one attached hydrogen (secondary N) is 1. The fourth-order valence-corrected chi connectivity index (χ4v) is 4.63. The molecule has 1 N–H and O–H groups in total. The molecule has 1 aliphatic rings. The molecule has 33 heavy (non-hydrogen) atoms. The average molecular weight is 466 g/mol. The number of carbonyl (C=O) groups is 2. The molecule has 0 spiro atoms. The van der Waals surface area contributed by atoms with Crippen molar-refractivity contribution >= 4 is 23.2 Å². The number of rotatable bonds is 7. The van der Waals surface area contributed by atoms with Gasteiger partial charge in [-0.15, -0.1) is 11.3 Å². The van der Waals surface area contributed by atoms with Crippen LogP contribution in [0.2, 0.25) is 0 Å². The Bertz CT molecular complexity index is 1210. The van der Waals surface area contributed by atoms with Crippen molar-refractivity contribution in [2.75, 3.05) is 20.3 Å². The number of aromatic nitrogens is 1. The second-order valence-electron chi connectivity index (χ2n) is 7.90. The maximum absolute atomic E-state index is 12.9. The van der Waals surface area contributed by atoms with Gasteiger partial charge in [-0.1, -0.05) is 24.3 Å². The van der Waals surface area contributed by atoms with E-state index in [0.29, 0.717) is 34.8 Å². The van der Waals surface area contributed by atoms with Gasteiger partial charge in [0.2, 0.25) is 0 Å². The van der Waals surface area contributed by atoms with Crippen LogP contribution < -0.4 is 14.9 Å². The molecule has 1 aliphatic heterocycles. The van der Waals surface area contributed by atoms with Gasteiger partial charge in [-0.05, 0) is 49.6 Å². The third kappa shape index (κ3) is 5.58. The van der Waals surface area contributed by atoms with Crippen molar-refractivity contribution < 1.29 is 19.1 Å². The first-order valence-electron chi connectivity index (χ1n) is 10.9. The van der Waals surface area contributed by atoms with Crippen molar-refractivity contribution in [3.8, 4) is 5.75 Å². The second kappa shape index (κ2) is 10.6. The largest absolute Gasteiger partial charge is 0.497 e. The van der Waals surface area contributed by atoms with E-state index in [1.54, 1.807) is 31.4 Å². The van der Waals surface area contributed by atoms with Gasteiger partial charge < -0.3 is 19.4 Å². The number of thiazole rings is 1. The number of methoxy groups -OCH3 is 1. The Labute approximate surface area is 196 Å². The summed E-state index contributed by atoms with van der Waals surface area (Å²) in [4.78, 5) is 30.6. The predicted molar refractivity (Wildman–Crippen MR) is 127 cm³/mol. The monoisotopic (exact) mass is 465 g/mol. The van der Waals surface area contributed by atoms with Crippen molar-refractivity contribution in [1.29, 1.82) is 0 Å². The molecule has 1 atom stereocenters. The van der Waals surface area contributed by atoms with Gasteiger partial charge in [-0.2, -0.15) is 4.99 Å². The van der Waals surface area contributed by atoms with E-state index in [9.17, 15) is 9.59 Å². The molecule has 8 heteroatoms. The summed E-state index contributed by atoms with van der Waals surface area (Å²) < 4.78 is 12.8. The highest BCUT2D eigenvalue weighted by Gasteiger charge is 2.18. The van der Waals surface area contributed by atoms with Gasteiger partial charge in [-0.25, -0.2) is 0 Å². The zero-order valence-corrected chi connectivity index (χ0v) is 19.6. The Hall–Kier alpha value is -3.23. The van der Waals surface area contributed by atoms with Gasteiger partial charge >= 0.3 is 0 Å². The molecular formula is C25H27N3O4S. The molecule has 2 aromatic carbocycles. The number of ether oxygens (including phenoxy) is 2. The molecule has 0 saturated carbocycles. The molecule has 0 unspecified atom stereocenters. The lowest BCUT2D eigenvalue weighted by molar-refractivity contribution is 0.0856. The Morgan fingerprint density at radius 3 is 2.88 bits per heavy atom. The summed E-state index contributed by atoms with van der Waals surface area (Å²) in [6.45, 7) is 3.66. The molecule has 0 aliphatic carbocycles. The van der Waals surface area contributed by atoms with Gasteiger partial charge in [0.25, 0.3) is 11.8 Å². The summed E-state index contributed by atoms with van der Waals surface area (Å²) in [7, 11) is 1.56. The molecule has 172 valence electrons. The number of nitrogens with zero attached hydrogens (tertiary/aromatic N) is 2. The maximum atomic E-state index is 12.9. The molecule has 1 fully saturated rings. The fraction of sp³-hybridized carbons (Fsp3) is 0.320. The summed E-state index contributed by atoms with van der Waals surface area (Å²) >= 11 is 1.40. The summed E-state index contributed by atoms with van der Waals surface area (Å²) in [6.07, 6.45) is 2.09. The quantitative estimate of drug-likeness (QED) is 0.578. The topological polar surface area (TPSA) is 81.9 Å². The van der Waals surface area contributed by atoms with Crippen LogP contribution in [0.1, 0.15) is 44.8 Å². The van der Waals surface area contributed by atoms with Crippen LogP contribution in [0.3, 0.4) is 0 Å².